The predicted molar refractivity (Wildman–Crippen MR) is 87.0 cm³/mol. The number of ether oxygens (including phenoxy) is 1. The highest BCUT2D eigenvalue weighted by molar-refractivity contribution is 5.32. The fourth-order valence-electron chi connectivity index (χ4n) is 3.67. The largest absolute Gasteiger partial charge is 0.497 e. The van der Waals surface area contributed by atoms with E-state index in [4.69, 9.17) is 4.74 Å². The first-order chi connectivity index (χ1) is 10.3. The van der Waals surface area contributed by atoms with Crippen molar-refractivity contribution in [2.75, 3.05) is 26.7 Å². The summed E-state index contributed by atoms with van der Waals surface area (Å²) in [5.41, 5.74) is 1.44. The van der Waals surface area contributed by atoms with Crippen LogP contribution in [0.5, 0.6) is 5.75 Å². The Kier molecular flexibility index (Phi) is 4.81. The van der Waals surface area contributed by atoms with Gasteiger partial charge in [-0.3, -0.25) is 0 Å². The van der Waals surface area contributed by atoms with Gasteiger partial charge in [0.25, 0.3) is 0 Å². The molecule has 2 fully saturated rings. The van der Waals surface area contributed by atoms with Gasteiger partial charge in [0.15, 0.2) is 0 Å². The number of nitrogens with zero attached hydrogens (tertiary/aromatic N) is 1. The smallest absolute Gasteiger partial charge is 0.119 e. The summed E-state index contributed by atoms with van der Waals surface area (Å²) < 4.78 is 5.32. The second-order valence-corrected chi connectivity index (χ2v) is 6.52. The van der Waals surface area contributed by atoms with Crippen LogP contribution in [-0.4, -0.2) is 43.7 Å². The van der Waals surface area contributed by atoms with E-state index in [0.717, 1.165) is 17.8 Å². The highest BCUT2D eigenvalue weighted by Crippen LogP contribution is 2.38. The molecule has 1 saturated carbocycles. The van der Waals surface area contributed by atoms with Crippen molar-refractivity contribution in [3.8, 4) is 5.75 Å². The monoisotopic (exact) mass is 288 g/mol. The third kappa shape index (κ3) is 3.58. The second-order valence-electron chi connectivity index (χ2n) is 6.52. The number of rotatable bonds is 5. The molecule has 2 aliphatic rings. The predicted octanol–water partition coefficient (Wildman–Crippen LogP) is 3.02. The quantitative estimate of drug-likeness (QED) is 0.901. The maximum atomic E-state index is 5.32. The summed E-state index contributed by atoms with van der Waals surface area (Å²) >= 11 is 0. The Bertz CT molecular complexity index is 448. The Labute approximate surface area is 128 Å². The maximum absolute atomic E-state index is 5.32. The van der Waals surface area contributed by atoms with Gasteiger partial charge in [-0.05, 0) is 68.9 Å². The number of hydrogen-bond acceptors (Lipinski definition) is 3. The van der Waals surface area contributed by atoms with Crippen LogP contribution in [0, 0.1) is 0 Å². The average molecular weight is 288 g/mol. The summed E-state index contributed by atoms with van der Waals surface area (Å²) in [4.78, 5) is 2.55. The van der Waals surface area contributed by atoms with E-state index in [-0.39, 0.29) is 0 Å². The van der Waals surface area contributed by atoms with E-state index in [1.54, 1.807) is 7.11 Å². The van der Waals surface area contributed by atoms with Crippen molar-refractivity contribution >= 4 is 0 Å². The Hall–Kier alpha value is -1.06. The summed E-state index contributed by atoms with van der Waals surface area (Å²) in [5, 5.41) is 3.87. The lowest BCUT2D eigenvalue weighted by Crippen LogP contribution is -2.49. The molecule has 0 atom stereocenters. The molecule has 0 amide bonds. The molecule has 0 radical (unpaired) electrons. The lowest BCUT2D eigenvalue weighted by atomic mass is 9.75. The van der Waals surface area contributed by atoms with Crippen molar-refractivity contribution in [2.24, 2.45) is 0 Å². The molecule has 1 heterocycles. The lowest BCUT2D eigenvalue weighted by Gasteiger charge is -2.41. The molecular formula is C18H28N2O. The van der Waals surface area contributed by atoms with Crippen molar-refractivity contribution in [2.45, 2.75) is 50.6 Å². The molecule has 1 aliphatic carbocycles. The lowest BCUT2D eigenvalue weighted by molar-refractivity contribution is 0.176. The van der Waals surface area contributed by atoms with Gasteiger partial charge in [-0.1, -0.05) is 19.1 Å². The van der Waals surface area contributed by atoms with Crippen LogP contribution in [0.4, 0.5) is 0 Å². The summed E-state index contributed by atoms with van der Waals surface area (Å²) in [6.07, 6.45) is 5.19. The summed E-state index contributed by atoms with van der Waals surface area (Å²) in [6, 6.07) is 10.0. The molecule has 3 nitrogen and oxygen atoms in total. The van der Waals surface area contributed by atoms with Crippen LogP contribution in [0.1, 0.15) is 44.1 Å². The molecule has 0 bridgehead atoms. The van der Waals surface area contributed by atoms with Crippen LogP contribution >= 0.6 is 0 Å². The molecule has 0 aromatic heterocycles. The van der Waals surface area contributed by atoms with E-state index in [0.29, 0.717) is 5.92 Å². The van der Waals surface area contributed by atoms with Gasteiger partial charge in [-0.25, -0.2) is 0 Å². The summed E-state index contributed by atoms with van der Waals surface area (Å²) in [6.45, 7) is 5.99. The van der Waals surface area contributed by atoms with Gasteiger partial charge < -0.3 is 15.0 Å². The number of likely N-dealkylation sites (tertiary alicyclic amines) is 1. The minimum absolute atomic E-state index is 0.716. The van der Waals surface area contributed by atoms with E-state index in [1.807, 2.05) is 6.07 Å². The maximum Gasteiger partial charge on any atom is 0.119 e. The number of benzene rings is 1. The highest BCUT2D eigenvalue weighted by atomic mass is 16.5. The Morgan fingerprint density at radius 3 is 2.62 bits per heavy atom. The van der Waals surface area contributed by atoms with Gasteiger partial charge in [0.1, 0.15) is 5.75 Å². The second kappa shape index (κ2) is 6.80. The average Bonchev–Trinajstić information content (AvgIpc) is 2.51. The van der Waals surface area contributed by atoms with E-state index in [2.05, 4.69) is 35.3 Å². The molecule has 1 N–H and O–H groups in total. The Morgan fingerprint density at radius 1 is 1.19 bits per heavy atom. The van der Waals surface area contributed by atoms with Gasteiger partial charge in [0, 0.05) is 12.1 Å². The first-order valence-electron chi connectivity index (χ1n) is 8.41. The minimum atomic E-state index is 0.716. The molecule has 116 valence electrons. The van der Waals surface area contributed by atoms with Crippen LogP contribution in [0.15, 0.2) is 24.3 Å². The van der Waals surface area contributed by atoms with Crippen LogP contribution in [0.25, 0.3) is 0 Å². The third-order valence-corrected chi connectivity index (χ3v) is 5.21. The number of piperidine rings is 1. The van der Waals surface area contributed by atoms with E-state index < -0.39 is 0 Å². The molecule has 0 spiro atoms. The van der Waals surface area contributed by atoms with Gasteiger partial charge in [0.2, 0.25) is 0 Å². The van der Waals surface area contributed by atoms with E-state index in [9.17, 15) is 0 Å². The van der Waals surface area contributed by atoms with E-state index in [1.165, 1.54) is 50.9 Å². The molecule has 1 aliphatic heterocycles. The van der Waals surface area contributed by atoms with Crippen LogP contribution in [-0.2, 0) is 0 Å². The molecule has 3 rings (SSSR count). The van der Waals surface area contributed by atoms with Gasteiger partial charge in [0.05, 0.1) is 7.11 Å². The van der Waals surface area contributed by atoms with Crippen LogP contribution in [0.2, 0.25) is 0 Å². The zero-order valence-corrected chi connectivity index (χ0v) is 13.3. The molecule has 0 unspecified atom stereocenters. The number of hydrogen-bond donors (Lipinski definition) is 1. The van der Waals surface area contributed by atoms with Crippen LogP contribution in [0.3, 0.4) is 0 Å². The van der Waals surface area contributed by atoms with E-state index >= 15 is 0 Å². The molecule has 21 heavy (non-hydrogen) atoms. The minimum Gasteiger partial charge on any atom is -0.497 e. The summed E-state index contributed by atoms with van der Waals surface area (Å²) in [7, 11) is 1.74. The molecule has 1 aromatic rings. The zero-order valence-electron chi connectivity index (χ0n) is 13.3. The Balaban J connectivity index is 1.43. The number of nitrogens with one attached hydrogen (secondary N) is 1. The first-order valence-corrected chi connectivity index (χ1v) is 8.41. The fraction of sp³-hybridized carbons (Fsp3) is 0.667. The van der Waals surface area contributed by atoms with Crippen molar-refractivity contribution < 1.29 is 4.74 Å². The van der Waals surface area contributed by atoms with Crippen molar-refractivity contribution in [1.82, 2.24) is 10.2 Å². The third-order valence-electron chi connectivity index (χ3n) is 5.21. The normalized spacial score (nSPS) is 27.3. The van der Waals surface area contributed by atoms with Gasteiger partial charge >= 0.3 is 0 Å². The molecule has 3 heteroatoms. The van der Waals surface area contributed by atoms with Gasteiger partial charge in [-0.15, -0.1) is 0 Å². The molecular weight excluding hydrogens is 260 g/mol. The van der Waals surface area contributed by atoms with Crippen LogP contribution < -0.4 is 10.1 Å². The zero-order chi connectivity index (χ0) is 14.7. The van der Waals surface area contributed by atoms with Gasteiger partial charge in [-0.2, -0.15) is 0 Å². The SMILES string of the molecule is CCN1CCC(NC2CC(c3cccc(OC)c3)C2)CC1. The number of methoxy groups -OCH3 is 1. The summed E-state index contributed by atoms with van der Waals surface area (Å²) in [5.74, 6) is 1.70. The Morgan fingerprint density at radius 2 is 1.95 bits per heavy atom. The molecule has 1 aromatic carbocycles. The first kappa shape index (κ1) is 14.9. The molecule has 1 saturated heterocycles. The topological polar surface area (TPSA) is 24.5 Å². The van der Waals surface area contributed by atoms with Crippen molar-refractivity contribution in [1.29, 1.82) is 0 Å². The highest BCUT2D eigenvalue weighted by Gasteiger charge is 2.32. The van der Waals surface area contributed by atoms with Crippen molar-refractivity contribution in [3.05, 3.63) is 29.8 Å². The van der Waals surface area contributed by atoms with Crippen molar-refractivity contribution in [3.63, 3.8) is 0 Å². The fourth-order valence-corrected chi connectivity index (χ4v) is 3.67. The standard InChI is InChI=1S/C18H28N2O/c1-3-20-9-7-16(8-10-20)19-17-11-15(12-17)14-5-4-6-18(13-14)21-2/h4-6,13,15-17,19H,3,7-12H2,1-2H3.